The van der Waals surface area contributed by atoms with E-state index in [-0.39, 0.29) is 12.0 Å². The average Bonchev–Trinajstić information content (AvgIpc) is 2.61. The topological polar surface area (TPSA) is 64.6 Å². The van der Waals surface area contributed by atoms with Crippen LogP contribution in [0.1, 0.15) is 18.4 Å². The van der Waals surface area contributed by atoms with E-state index in [0.717, 1.165) is 19.4 Å². The molecule has 0 heterocycles. The Kier molecular flexibility index (Phi) is 6.35. The van der Waals surface area contributed by atoms with Gasteiger partial charge in [0.1, 0.15) is 0 Å². The van der Waals surface area contributed by atoms with E-state index in [2.05, 4.69) is 17.4 Å². The maximum Gasteiger partial charge on any atom is 0.320 e. The highest BCUT2D eigenvalue weighted by molar-refractivity contribution is 5.95. The van der Waals surface area contributed by atoms with Gasteiger partial charge >= 0.3 is 11.9 Å². The molecule has 0 spiro atoms. The lowest BCUT2D eigenvalue weighted by Crippen LogP contribution is -2.36. The molecule has 124 valence electrons. The summed E-state index contributed by atoms with van der Waals surface area (Å²) in [6.07, 6.45) is 5.54. The zero-order chi connectivity index (χ0) is 16.7. The van der Waals surface area contributed by atoms with Gasteiger partial charge in [-0.15, -0.1) is 0 Å². The number of esters is 2. The fourth-order valence-electron chi connectivity index (χ4n) is 2.83. The molecular weight excluding hydrogens is 294 g/mol. The number of hydrogen-bond donors (Lipinski definition) is 1. The summed E-state index contributed by atoms with van der Waals surface area (Å²) in [7, 11) is 2.57. The first kappa shape index (κ1) is 17.2. The fraction of sp³-hybridized carbons (Fsp3) is 0.444. The Bertz CT molecular complexity index is 539. The lowest BCUT2D eigenvalue weighted by molar-refractivity contribution is -0.160. The van der Waals surface area contributed by atoms with Crippen LogP contribution >= 0.6 is 0 Å². The maximum atomic E-state index is 11.8. The minimum Gasteiger partial charge on any atom is -0.468 e. The molecule has 2 atom stereocenters. The molecule has 0 aromatic heterocycles. The summed E-state index contributed by atoms with van der Waals surface area (Å²) in [6.45, 7) is 0.790. The van der Waals surface area contributed by atoms with Crippen molar-refractivity contribution in [3.05, 3.63) is 48.0 Å². The van der Waals surface area contributed by atoms with E-state index in [4.69, 9.17) is 9.47 Å². The summed E-state index contributed by atoms with van der Waals surface area (Å²) < 4.78 is 9.46. The third-order valence-corrected chi connectivity index (χ3v) is 4.15. The molecule has 2 rings (SSSR count). The Morgan fingerprint density at radius 2 is 1.74 bits per heavy atom. The van der Waals surface area contributed by atoms with Gasteiger partial charge in [0.2, 0.25) is 0 Å². The second-order valence-electron chi connectivity index (χ2n) is 5.62. The van der Waals surface area contributed by atoms with Crippen molar-refractivity contribution in [3.63, 3.8) is 0 Å². The highest BCUT2D eigenvalue weighted by atomic mass is 16.5. The summed E-state index contributed by atoms with van der Waals surface area (Å²) in [5.41, 5.74) is 1.23. The number of ether oxygens (including phenoxy) is 2. The van der Waals surface area contributed by atoms with Gasteiger partial charge in [0.05, 0.1) is 14.2 Å². The first-order chi connectivity index (χ1) is 11.2. The predicted octanol–water partition coefficient (Wildman–Crippen LogP) is 2.07. The largest absolute Gasteiger partial charge is 0.468 e. The number of carbonyl (C=O) groups is 2. The summed E-state index contributed by atoms with van der Waals surface area (Å²) in [4.78, 5) is 23.7. The van der Waals surface area contributed by atoms with Gasteiger partial charge in [-0.1, -0.05) is 42.5 Å². The molecule has 0 bridgehead atoms. The van der Waals surface area contributed by atoms with E-state index >= 15 is 0 Å². The van der Waals surface area contributed by atoms with E-state index in [1.807, 2.05) is 30.4 Å². The fourth-order valence-corrected chi connectivity index (χ4v) is 2.83. The molecule has 23 heavy (non-hydrogen) atoms. The van der Waals surface area contributed by atoms with Crippen molar-refractivity contribution in [1.82, 2.24) is 5.32 Å². The second kappa shape index (κ2) is 8.48. The van der Waals surface area contributed by atoms with Crippen LogP contribution in [0, 0.1) is 11.8 Å². The molecule has 0 aliphatic heterocycles. The van der Waals surface area contributed by atoms with Crippen LogP contribution in [-0.4, -0.2) is 32.2 Å². The van der Waals surface area contributed by atoms with Crippen molar-refractivity contribution in [2.24, 2.45) is 11.8 Å². The number of nitrogens with one attached hydrogen (secondary N) is 1. The molecular formula is C18H23NO4. The minimum absolute atomic E-state index is 0.176. The number of hydrogen-bond acceptors (Lipinski definition) is 5. The summed E-state index contributed by atoms with van der Waals surface area (Å²) >= 11 is 0. The van der Waals surface area contributed by atoms with Crippen LogP contribution in [0.2, 0.25) is 0 Å². The Morgan fingerprint density at radius 1 is 1.09 bits per heavy atom. The number of methoxy groups -OCH3 is 2. The van der Waals surface area contributed by atoms with Gasteiger partial charge in [-0.3, -0.25) is 9.59 Å². The zero-order valence-electron chi connectivity index (χ0n) is 13.5. The molecule has 5 heteroatoms. The van der Waals surface area contributed by atoms with Gasteiger partial charge in [-0.05, 0) is 18.4 Å². The maximum absolute atomic E-state index is 11.8. The van der Waals surface area contributed by atoms with Crippen molar-refractivity contribution in [3.8, 4) is 0 Å². The highest BCUT2D eigenvalue weighted by Crippen LogP contribution is 2.27. The van der Waals surface area contributed by atoms with E-state index in [1.54, 1.807) is 0 Å². The number of allylic oxidation sites excluding steroid dienone is 1. The van der Waals surface area contributed by atoms with Crippen molar-refractivity contribution in [1.29, 1.82) is 0 Å². The molecule has 0 saturated heterocycles. The van der Waals surface area contributed by atoms with Gasteiger partial charge in [-0.2, -0.15) is 0 Å². The van der Waals surface area contributed by atoms with E-state index in [9.17, 15) is 9.59 Å². The van der Waals surface area contributed by atoms with Crippen LogP contribution in [0.15, 0.2) is 42.5 Å². The molecule has 1 aliphatic carbocycles. The van der Waals surface area contributed by atoms with Crippen molar-refractivity contribution in [2.45, 2.75) is 25.4 Å². The highest BCUT2D eigenvalue weighted by Gasteiger charge is 2.36. The molecule has 1 aromatic carbocycles. The molecule has 0 unspecified atom stereocenters. The minimum atomic E-state index is -0.878. The van der Waals surface area contributed by atoms with Crippen LogP contribution in [0.5, 0.6) is 0 Å². The van der Waals surface area contributed by atoms with Gasteiger partial charge in [0.25, 0.3) is 0 Å². The normalized spacial score (nSPS) is 20.3. The SMILES string of the molecule is COC(=O)C(C(=O)OC)[C@H]1C=C[C@H](NCc2ccccc2)CC1. The standard InChI is InChI=1S/C18H23NO4/c1-22-17(20)16(18(21)23-2)14-8-10-15(11-9-14)19-12-13-6-4-3-5-7-13/h3-8,10,14-16,19H,9,11-12H2,1-2H3/t14-,15-/m0/s1. The Labute approximate surface area is 136 Å². The van der Waals surface area contributed by atoms with E-state index in [0.29, 0.717) is 0 Å². The Morgan fingerprint density at radius 3 is 2.26 bits per heavy atom. The summed E-state index contributed by atoms with van der Waals surface area (Å²) in [5, 5.41) is 3.46. The first-order valence-corrected chi connectivity index (χ1v) is 7.77. The van der Waals surface area contributed by atoms with Crippen molar-refractivity contribution >= 4 is 11.9 Å². The van der Waals surface area contributed by atoms with Gasteiger partial charge < -0.3 is 14.8 Å². The average molecular weight is 317 g/mol. The lowest BCUT2D eigenvalue weighted by Gasteiger charge is -2.27. The summed E-state index contributed by atoms with van der Waals surface area (Å²) in [6, 6.07) is 10.4. The molecule has 0 radical (unpaired) electrons. The van der Waals surface area contributed by atoms with Crippen molar-refractivity contribution < 1.29 is 19.1 Å². The molecule has 5 nitrogen and oxygen atoms in total. The molecule has 0 fully saturated rings. The van der Waals surface area contributed by atoms with Crippen LogP contribution < -0.4 is 5.32 Å². The van der Waals surface area contributed by atoms with Crippen LogP contribution in [0.4, 0.5) is 0 Å². The predicted molar refractivity (Wildman–Crippen MR) is 86.5 cm³/mol. The Balaban J connectivity index is 1.93. The third-order valence-electron chi connectivity index (χ3n) is 4.15. The third kappa shape index (κ3) is 4.66. The van der Waals surface area contributed by atoms with Gasteiger partial charge in [-0.25, -0.2) is 0 Å². The van der Waals surface area contributed by atoms with E-state index in [1.165, 1.54) is 19.8 Å². The number of rotatable bonds is 6. The van der Waals surface area contributed by atoms with Gasteiger partial charge in [0, 0.05) is 18.5 Å². The van der Waals surface area contributed by atoms with Gasteiger partial charge in [0.15, 0.2) is 5.92 Å². The van der Waals surface area contributed by atoms with Crippen LogP contribution in [-0.2, 0) is 25.6 Å². The number of carbonyl (C=O) groups excluding carboxylic acids is 2. The molecule has 1 aliphatic rings. The van der Waals surface area contributed by atoms with Crippen LogP contribution in [0.25, 0.3) is 0 Å². The molecule has 0 amide bonds. The van der Waals surface area contributed by atoms with Crippen LogP contribution in [0.3, 0.4) is 0 Å². The second-order valence-corrected chi connectivity index (χ2v) is 5.62. The molecule has 1 N–H and O–H groups in total. The quantitative estimate of drug-likeness (QED) is 0.494. The lowest BCUT2D eigenvalue weighted by atomic mass is 9.83. The van der Waals surface area contributed by atoms with Crippen molar-refractivity contribution in [2.75, 3.05) is 14.2 Å². The monoisotopic (exact) mass is 317 g/mol. The zero-order valence-corrected chi connectivity index (χ0v) is 13.5. The smallest absolute Gasteiger partial charge is 0.320 e. The Hall–Kier alpha value is -2.14. The first-order valence-electron chi connectivity index (χ1n) is 7.77. The summed E-state index contributed by atoms with van der Waals surface area (Å²) in [5.74, 6) is -2.13. The van der Waals surface area contributed by atoms with E-state index < -0.39 is 17.9 Å². The molecule has 0 saturated carbocycles. The molecule has 1 aromatic rings. The number of benzene rings is 1.